The third kappa shape index (κ3) is 4.89. The van der Waals surface area contributed by atoms with Gasteiger partial charge in [0.1, 0.15) is 11.5 Å². The molecule has 1 spiro atoms. The second kappa shape index (κ2) is 9.42. The Morgan fingerprint density at radius 2 is 1.90 bits per heavy atom. The molecule has 2 fully saturated rings. The Morgan fingerprint density at radius 3 is 2.70 bits per heavy atom. The van der Waals surface area contributed by atoms with Crippen LogP contribution in [0.15, 0.2) is 48.7 Å². The summed E-state index contributed by atoms with van der Waals surface area (Å²) < 4.78 is 23.1. The number of methoxy groups -OCH3 is 1. The lowest BCUT2D eigenvalue weighted by Gasteiger charge is -2.47. The number of nitrogens with zero attached hydrogens (tertiary/aromatic N) is 3. The molecule has 160 valence electrons. The van der Waals surface area contributed by atoms with E-state index >= 15 is 0 Å². The van der Waals surface area contributed by atoms with Crippen molar-refractivity contribution in [2.24, 2.45) is 0 Å². The van der Waals surface area contributed by atoms with Crippen molar-refractivity contribution in [1.29, 1.82) is 0 Å². The molecule has 0 N–H and O–H groups in total. The summed E-state index contributed by atoms with van der Waals surface area (Å²) in [6.07, 6.45) is 1.76. The Bertz CT molecular complexity index is 846. The Kier molecular flexibility index (Phi) is 6.47. The zero-order valence-corrected chi connectivity index (χ0v) is 17.2. The van der Waals surface area contributed by atoms with Gasteiger partial charge in [0.05, 0.1) is 39.1 Å². The van der Waals surface area contributed by atoms with Crippen LogP contribution in [0.3, 0.4) is 0 Å². The number of hydrogen-bond acceptors (Lipinski definition) is 7. The highest BCUT2D eigenvalue weighted by Crippen LogP contribution is 2.27. The zero-order chi connectivity index (χ0) is 20.8. The highest BCUT2D eigenvalue weighted by molar-refractivity contribution is 5.78. The number of morpholine rings is 2. The van der Waals surface area contributed by atoms with E-state index in [1.807, 2.05) is 42.5 Å². The van der Waals surface area contributed by atoms with Gasteiger partial charge in [0.15, 0.2) is 12.4 Å². The molecule has 2 aromatic rings. The maximum Gasteiger partial charge on any atom is 0.260 e. The molecule has 1 aromatic carbocycles. The summed E-state index contributed by atoms with van der Waals surface area (Å²) in [6, 6.07) is 13.1. The molecular weight excluding hydrogens is 386 g/mol. The van der Waals surface area contributed by atoms with Crippen LogP contribution in [0.1, 0.15) is 5.69 Å². The van der Waals surface area contributed by atoms with E-state index in [1.54, 1.807) is 18.2 Å². The van der Waals surface area contributed by atoms with Gasteiger partial charge in [-0.1, -0.05) is 18.2 Å². The Morgan fingerprint density at radius 1 is 1.10 bits per heavy atom. The number of pyridine rings is 1. The van der Waals surface area contributed by atoms with E-state index in [2.05, 4.69) is 9.88 Å². The minimum absolute atomic E-state index is 0.00502. The average Bonchev–Trinajstić information content (AvgIpc) is 2.78. The monoisotopic (exact) mass is 413 g/mol. The van der Waals surface area contributed by atoms with Gasteiger partial charge in [-0.15, -0.1) is 0 Å². The molecule has 30 heavy (non-hydrogen) atoms. The first-order valence-corrected chi connectivity index (χ1v) is 10.1. The molecule has 4 rings (SSSR count). The van der Waals surface area contributed by atoms with Crippen molar-refractivity contribution in [2.75, 3.05) is 53.1 Å². The number of aromatic nitrogens is 1. The van der Waals surface area contributed by atoms with Gasteiger partial charge in [-0.2, -0.15) is 0 Å². The number of amides is 1. The second-order valence-electron chi connectivity index (χ2n) is 7.39. The first-order chi connectivity index (χ1) is 14.7. The summed E-state index contributed by atoms with van der Waals surface area (Å²) in [5.74, 6) is 0.533. The average molecular weight is 413 g/mol. The molecule has 1 atom stereocenters. The lowest BCUT2D eigenvalue weighted by Crippen LogP contribution is -2.63. The Balaban J connectivity index is 1.36. The number of rotatable bonds is 6. The van der Waals surface area contributed by atoms with Crippen LogP contribution in [-0.2, 0) is 20.8 Å². The van der Waals surface area contributed by atoms with E-state index in [1.165, 1.54) is 0 Å². The maximum atomic E-state index is 12.7. The molecular formula is C22H27N3O5. The van der Waals surface area contributed by atoms with Gasteiger partial charge in [-0.25, -0.2) is 0 Å². The molecule has 2 aliphatic heterocycles. The van der Waals surface area contributed by atoms with E-state index in [4.69, 9.17) is 18.9 Å². The van der Waals surface area contributed by atoms with Crippen LogP contribution in [0.5, 0.6) is 11.5 Å². The van der Waals surface area contributed by atoms with Crippen molar-refractivity contribution in [3.63, 3.8) is 0 Å². The van der Waals surface area contributed by atoms with Gasteiger partial charge in [-0.05, 0) is 24.3 Å². The number of carbonyl (C=O) groups excluding carboxylic acids is 1. The SMILES string of the molecule is COc1cccnc1CN1CCOC2(C1)CN(C(=O)COc1ccccc1)CCO2. The molecule has 0 bridgehead atoms. The first-order valence-electron chi connectivity index (χ1n) is 10.1. The van der Waals surface area contributed by atoms with Gasteiger partial charge in [0.25, 0.3) is 5.91 Å². The highest BCUT2D eigenvalue weighted by Gasteiger charge is 2.43. The zero-order valence-electron chi connectivity index (χ0n) is 17.2. The quantitative estimate of drug-likeness (QED) is 0.712. The second-order valence-corrected chi connectivity index (χ2v) is 7.39. The lowest BCUT2D eigenvalue weighted by molar-refractivity contribution is -0.290. The van der Waals surface area contributed by atoms with Crippen LogP contribution >= 0.6 is 0 Å². The number of ether oxygens (including phenoxy) is 4. The fourth-order valence-corrected chi connectivity index (χ4v) is 3.81. The largest absolute Gasteiger partial charge is 0.495 e. The van der Waals surface area contributed by atoms with Crippen molar-refractivity contribution in [2.45, 2.75) is 12.3 Å². The van der Waals surface area contributed by atoms with E-state index in [-0.39, 0.29) is 12.5 Å². The van der Waals surface area contributed by atoms with Crippen LogP contribution in [-0.4, -0.2) is 79.6 Å². The van der Waals surface area contributed by atoms with E-state index in [0.29, 0.717) is 45.1 Å². The summed E-state index contributed by atoms with van der Waals surface area (Å²) >= 11 is 0. The van der Waals surface area contributed by atoms with Crippen molar-refractivity contribution in [3.8, 4) is 11.5 Å². The molecule has 0 aliphatic carbocycles. The standard InChI is InChI=1S/C22H27N3O5/c1-27-20-8-5-9-23-19(20)14-24-10-12-29-22(16-24)17-25(11-13-30-22)21(26)15-28-18-6-3-2-4-7-18/h2-9H,10-17H2,1H3. The normalized spacial score (nSPS) is 22.1. The minimum atomic E-state index is -0.832. The summed E-state index contributed by atoms with van der Waals surface area (Å²) in [5.41, 5.74) is 0.872. The molecule has 1 aromatic heterocycles. The van der Waals surface area contributed by atoms with Crippen LogP contribution in [0.4, 0.5) is 0 Å². The fraction of sp³-hybridized carbons (Fsp3) is 0.455. The lowest BCUT2D eigenvalue weighted by atomic mass is 10.1. The third-order valence-corrected chi connectivity index (χ3v) is 5.30. The smallest absolute Gasteiger partial charge is 0.260 e. The molecule has 3 heterocycles. The van der Waals surface area contributed by atoms with Crippen molar-refractivity contribution >= 4 is 5.91 Å². The molecule has 0 radical (unpaired) electrons. The fourth-order valence-electron chi connectivity index (χ4n) is 3.81. The van der Waals surface area contributed by atoms with Gasteiger partial charge >= 0.3 is 0 Å². The third-order valence-electron chi connectivity index (χ3n) is 5.30. The van der Waals surface area contributed by atoms with Crippen molar-refractivity contribution in [1.82, 2.24) is 14.8 Å². The summed E-state index contributed by atoms with van der Waals surface area (Å²) in [4.78, 5) is 21.1. The number of benzene rings is 1. The number of hydrogen-bond donors (Lipinski definition) is 0. The van der Waals surface area contributed by atoms with E-state index in [9.17, 15) is 4.79 Å². The molecule has 2 saturated heterocycles. The molecule has 2 aliphatic rings. The summed E-state index contributed by atoms with van der Waals surface area (Å²) in [7, 11) is 1.65. The molecule has 1 amide bonds. The van der Waals surface area contributed by atoms with Crippen molar-refractivity contribution < 1.29 is 23.7 Å². The van der Waals surface area contributed by atoms with Crippen LogP contribution in [0.2, 0.25) is 0 Å². The molecule has 8 nitrogen and oxygen atoms in total. The van der Waals surface area contributed by atoms with Gasteiger partial charge in [0.2, 0.25) is 0 Å². The van der Waals surface area contributed by atoms with E-state index < -0.39 is 5.79 Å². The number of carbonyl (C=O) groups is 1. The highest BCUT2D eigenvalue weighted by atomic mass is 16.7. The molecule has 0 saturated carbocycles. The van der Waals surface area contributed by atoms with Gasteiger partial charge in [-0.3, -0.25) is 14.7 Å². The first kappa shape index (κ1) is 20.6. The Labute approximate surface area is 176 Å². The van der Waals surface area contributed by atoms with Crippen molar-refractivity contribution in [3.05, 3.63) is 54.4 Å². The van der Waals surface area contributed by atoms with Gasteiger partial charge < -0.3 is 23.8 Å². The number of para-hydroxylation sites is 1. The maximum absolute atomic E-state index is 12.7. The predicted molar refractivity (Wildman–Crippen MR) is 109 cm³/mol. The summed E-state index contributed by atoms with van der Waals surface area (Å²) in [6.45, 7) is 3.79. The Hall–Kier alpha value is -2.68. The van der Waals surface area contributed by atoms with Crippen LogP contribution < -0.4 is 9.47 Å². The predicted octanol–water partition coefficient (Wildman–Crippen LogP) is 1.56. The van der Waals surface area contributed by atoms with Gasteiger partial charge in [0, 0.05) is 25.8 Å². The summed E-state index contributed by atoms with van der Waals surface area (Å²) in [5, 5.41) is 0. The molecule has 8 heteroatoms. The van der Waals surface area contributed by atoms with E-state index in [0.717, 1.165) is 18.0 Å². The minimum Gasteiger partial charge on any atom is -0.495 e. The van der Waals surface area contributed by atoms with Crippen LogP contribution in [0.25, 0.3) is 0 Å². The van der Waals surface area contributed by atoms with Crippen LogP contribution in [0, 0.1) is 0 Å². The molecule has 1 unspecified atom stereocenters. The topological polar surface area (TPSA) is 73.4 Å².